The van der Waals surface area contributed by atoms with E-state index in [4.69, 9.17) is 10.2 Å². The summed E-state index contributed by atoms with van der Waals surface area (Å²) in [4.78, 5) is 30.9. The molecule has 0 bridgehead atoms. The summed E-state index contributed by atoms with van der Waals surface area (Å²) in [5.41, 5.74) is 3.96. The summed E-state index contributed by atoms with van der Waals surface area (Å²) in [7, 11) is 0. The van der Waals surface area contributed by atoms with E-state index in [2.05, 4.69) is 23.5 Å². The average molecular weight is 467 g/mol. The standard InChI is InChI=1S/C27H22N4O2S/c28-16-18-12-14-20(15-13-18)31-26(33)22-9-3-4-10-24(22)30-27(31)34-17-25(32)29-23-11-5-7-19-6-1-2-8-21(19)23/h1-4,6,8-10,12-15,23H,5,7,11,17H2,(H,29,32). The fraction of sp³-hybridized carbons (Fsp3) is 0.185. The summed E-state index contributed by atoms with van der Waals surface area (Å²) in [6.07, 6.45) is 2.99. The molecule has 0 saturated heterocycles. The second kappa shape index (κ2) is 9.54. The van der Waals surface area contributed by atoms with Crippen molar-refractivity contribution in [1.29, 1.82) is 5.26 Å². The number of fused-ring (bicyclic) bond motifs is 2. The Balaban J connectivity index is 1.42. The van der Waals surface area contributed by atoms with Gasteiger partial charge in [-0.2, -0.15) is 5.26 Å². The monoisotopic (exact) mass is 466 g/mol. The Morgan fingerprint density at radius 2 is 1.85 bits per heavy atom. The van der Waals surface area contributed by atoms with Gasteiger partial charge in [0.15, 0.2) is 5.16 Å². The summed E-state index contributed by atoms with van der Waals surface area (Å²) in [6.45, 7) is 0. The number of rotatable bonds is 5. The van der Waals surface area contributed by atoms with Crippen molar-refractivity contribution in [1.82, 2.24) is 14.9 Å². The highest BCUT2D eigenvalue weighted by molar-refractivity contribution is 7.99. The van der Waals surface area contributed by atoms with Crippen molar-refractivity contribution in [3.05, 3.63) is 99.8 Å². The maximum absolute atomic E-state index is 13.3. The van der Waals surface area contributed by atoms with Gasteiger partial charge in [0.05, 0.1) is 40.0 Å². The number of benzene rings is 3. The molecule has 1 N–H and O–H groups in total. The fourth-order valence-electron chi connectivity index (χ4n) is 4.39. The lowest BCUT2D eigenvalue weighted by Crippen LogP contribution is -2.32. The van der Waals surface area contributed by atoms with Gasteiger partial charge in [-0.05, 0) is 66.8 Å². The molecule has 1 aliphatic carbocycles. The molecule has 0 aliphatic heterocycles. The zero-order valence-electron chi connectivity index (χ0n) is 18.4. The number of thioether (sulfide) groups is 1. The van der Waals surface area contributed by atoms with Crippen molar-refractivity contribution in [2.45, 2.75) is 30.5 Å². The van der Waals surface area contributed by atoms with Gasteiger partial charge in [-0.15, -0.1) is 0 Å². The van der Waals surface area contributed by atoms with Crippen molar-refractivity contribution in [2.24, 2.45) is 0 Å². The Morgan fingerprint density at radius 1 is 1.09 bits per heavy atom. The zero-order valence-corrected chi connectivity index (χ0v) is 19.2. The van der Waals surface area contributed by atoms with Crippen LogP contribution in [0.3, 0.4) is 0 Å². The molecule has 1 heterocycles. The average Bonchev–Trinajstić information content (AvgIpc) is 2.88. The number of nitrogens with one attached hydrogen (secondary N) is 1. The molecule has 0 radical (unpaired) electrons. The maximum atomic E-state index is 13.3. The maximum Gasteiger partial charge on any atom is 0.266 e. The smallest absolute Gasteiger partial charge is 0.266 e. The minimum absolute atomic E-state index is 0.00308. The second-order valence-electron chi connectivity index (χ2n) is 8.21. The quantitative estimate of drug-likeness (QED) is 0.345. The molecule has 1 amide bonds. The lowest BCUT2D eigenvalue weighted by atomic mass is 9.88. The molecule has 5 rings (SSSR count). The van der Waals surface area contributed by atoms with Crippen LogP contribution in [0.4, 0.5) is 0 Å². The molecule has 0 spiro atoms. The van der Waals surface area contributed by atoms with Gasteiger partial charge < -0.3 is 5.32 Å². The molecular formula is C27H22N4O2S. The highest BCUT2D eigenvalue weighted by Crippen LogP contribution is 2.30. The number of carbonyl (C=O) groups is 1. The number of carbonyl (C=O) groups excluding carboxylic acids is 1. The molecule has 34 heavy (non-hydrogen) atoms. The Morgan fingerprint density at radius 3 is 2.68 bits per heavy atom. The number of aryl methyl sites for hydroxylation is 1. The molecule has 6 nitrogen and oxygen atoms in total. The first-order valence-electron chi connectivity index (χ1n) is 11.2. The first-order chi connectivity index (χ1) is 16.6. The van der Waals surface area contributed by atoms with E-state index < -0.39 is 0 Å². The third-order valence-electron chi connectivity index (χ3n) is 6.04. The van der Waals surface area contributed by atoms with Gasteiger partial charge in [-0.25, -0.2) is 4.98 Å². The first kappa shape index (κ1) is 21.9. The number of nitrogens with zero attached hydrogens (tertiary/aromatic N) is 3. The van der Waals surface area contributed by atoms with E-state index in [1.807, 2.05) is 18.2 Å². The molecule has 1 unspecified atom stereocenters. The summed E-state index contributed by atoms with van der Waals surface area (Å²) < 4.78 is 1.51. The van der Waals surface area contributed by atoms with Crippen molar-refractivity contribution in [3.8, 4) is 11.8 Å². The molecule has 3 aromatic carbocycles. The van der Waals surface area contributed by atoms with Crippen LogP contribution in [0, 0.1) is 11.3 Å². The Labute approximate surface area is 201 Å². The van der Waals surface area contributed by atoms with Gasteiger partial charge in [0.2, 0.25) is 5.91 Å². The molecule has 7 heteroatoms. The molecule has 1 aliphatic rings. The molecule has 0 saturated carbocycles. The largest absolute Gasteiger partial charge is 0.349 e. The van der Waals surface area contributed by atoms with E-state index in [9.17, 15) is 9.59 Å². The van der Waals surface area contributed by atoms with Gasteiger partial charge in [0.25, 0.3) is 5.56 Å². The first-order valence-corrected chi connectivity index (χ1v) is 12.1. The van der Waals surface area contributed by atoms with Crippen LogP contribution in [0.15, 0.2) is 82.7 Å². The summed E-state index contributed by atoms with van der Waals surface area (Å²) >= 11 is 1.23. The molecule has 0 fully saturated rings. The Hall–Kier alpha value is -3.89. The van der Waals surface area contributed by atoms with E-state index in [1.165, 1.54) is 27.5 Å². The third-order valence-corrected chi connectivity index (χ3v) is 6.98. The topological polar surface area (TPSA) is 87.8 Å². The third kappa shape index (κ3) is 4.33. The summed E-state index contributed by atoms with van der Waals surface area (Å²) in [5, 5.41) is 13.2. The van der Waals surface area contributed by atoms with Crippen molar-refractivity contribution in [3.63, 3.8) is 0 Å². The van der Waals surface area contributed by atoms with Crippen LogP contribution >= 0.6 is 11.8 Å². The molecule has 168 valence electrons. The number of amides is 1. The van der Waals surface area contributed by atoms with Crippen LogP contribution in [0.2, 0.25) is 0 Å². The van der Waals surface area contributed by atoms with Gasteiger partial charge >= 0.3 is 0 Å². The predicted octanol–water partition coefficient (Wildman–Crippen LogP) is 4.54. The van der Waals surface area contributed by atoms with Crippen molar-refractivity contribution >= 4 is 28.6 Å². The van der Waals surface area contributed by atoms with Gasteiger partial charge in [0.1, 0.15) is 0 Å². The second-order valence-corrected chi connectivity index (χ2v) is 9.15. The molecule has 1 atom stereocenters. The fourth-order valence-corrected chi connectivity index (χ4v) is 5.22. The van der Waals surface area contributed by atoms with E-state index in [-0.39, 0.29) is 23.3 Å². The SMILES string of the molecule is N#Cc1ccc(-n2c(SCC(=O)NC3CCCc4ccccc43)nc3ccccc3c2=O)cc1. The molecule has 1 aromatic heterocycles. The lowest BCUT2D eigenvalue weighted by Gasteiger charge is -2.26. The minimum Gasteiger partial charge on any atom is -0.349 e. The molecule has 4 aromatic rings. The van der Waals surface area contributed by atoms with E-state index in [0.717, 1.165) is 19.3 Å². The highest BCUT2D eigenvalue weighted by atomic mass is 32.2. The van der Waals surface area contributed by atoms with Crippen LogP contribution in [0.5, 0.6) is 0 Å². The van der Waals surface area contributed by atoms with E-state index in [0.29, 0.717) is 27.3 Å². The van der Waals surface area contributed by atoms with Gasteiger partial charge in [-0.1, -0.05) is 48.2 Å². The van der Waals surface area contributed by atoms with Crippen molar-refractivity contribution < 1.29 is 4.79 Å². The van der Waals surface area contributed by atoms with Crippen LogP contribution in [-0.4, -0.2) is 21.2 Å². The van der Waals surface area contributed by atoms with Gasteiger partial charge in [-0.3, -0.25) is 14.2 Å². The number of aromatic nitrogens is 2. The normalized spacial score (nSPS) is 14.9. The van der Waals surface area contributed by atoms with Crippen LogP contribution in [-0.2, 0) is 11.2 Å². The summed E-state index contributed by atoms with van der Waals surface area (Å²) in [5.74, 6) is 0.0418. The van der Waals surface area contributed by atoms with E-state index >= 15 is 0 Å². The Kier molecular flexibility index (Phi) is 6.15. The number of hydrogen-bond acceptors (Lipinski definition) is 5. The number of nitriles is 1. The summed E-state index contributed by atoms with van der Waals surface area (Å²) in [6, 6.07) is 24.3. The zero-order chi connectivity index (χ0) is 23.5. The van der Waals surface area contributed by atoms with Crippen LogP contribution in [0.25, 0.3) is 16.6 Å². The Bertz CT molecular complexity index is 1470. The highest BCUT2D eigenvalue weighted by Gasteiger charge is 2.22. The van der Waals surface area contributed by atoms with E-state index in [1.54, 1.807) is 42.5 Å². The van der Waals surface area contributed by atoms with Crippen LogP contribution in [0.1, 0.15) is 35.6 Å². The lowest BCUT2D eigenvalue weighted by molar-refractivity contribution is -0.119. The minimum atomic E-state index is -0.209. The van der Waals surface area contributed by atoms with Gasteiger partial charge in [0, 0.05) is 0 Å². The number of hydrogen-bond donors (Lipinski definition) is 1. The van der Waals surface area contributed by atoms with Crippen LogP contribution < -0.4 is 10.9 Å². The number of para-hydroxylation sites is 1. The van der Waals surface area contributed by atoms with Crippen molar-refractivity contribution in [2.75, 3.05) is 5.75 Å². The predicted molar refractivity (Wildman–Crippen MR) is 133 cm³/mol. The molecular weight excluding hydrogens is 444 g/mol.